The molecular weight excluding hydrogens is 364 g/mol. The first-order chi connectivity index (χ1) is 14.3. The summed E-state index contributed by atoms with van der Waals surface area (Å²) in [5.74, 6) is 3.27. The lowest BCUT2D eigenvalue weighted by Crippen LogP contribution is -2.12. The highest BCUT2D eigenvalue weighted by atomic mass is 16.5. The first kappa shape index (κ1) is 16.0. The number of para-hydroxylation sites is 1. The second kappa shape index (κ2) is 6.00. The summed E-state index contributed by atoms with van der Waals surface area (Å²) in [5.41, 5.74) is 2.30. The molecule has 1 atom stereocenters. The van der Waals surface area contributed by atoms with Gasteiger partial charge in [0, 0.05) is 54.4 Å². The Kier molecular flexibility index (Phi) is 3.31. The number of rotatable bonds is 3. The van der Waals surface area contributed by atoms with Gasteiger partial charge in [-0.15, -0.1) is 0 Å². The van der Waals surface area contributed by atoms with Gasteiger partial charge in [0.25, 0.3) is 0 Å². The molecule has 0 spiro atoms. The molecule has 5 aromatic rings. The molecule has 0 saturated heterocycles. The highest BCUT2D eigenvalue weighted by molar-refractivity contribution is 5.85. The summed E-state index contributed by atoms with van der Waals surface area (Å²) < 4.78 is 12.1. The molecule has 1 aliphatic heterocycles. The van der Waals surface area contributed by atoms with Crippen LogP contribution >= 0.6 is 0 Å². The van der Waals surface area contributed by atoms with Crippen molar-refractivity contribution in [3.63, 3.8) is 0 Å². The molecule has 5 heterocycles. The van der Waals surface area contributed by atoms with Gasteiger partial charge in [-0.2, -0.15) is 5.10 Å². The molecule has 7 heteroatoms. The van der Waals surface area contributed by atoms with Crippen molar-refractivity contribution in [2.45, 2.75) is 6.23 Å². The van der Waals surface area contributed by atoms with Crippen LogP contribution in [0.2, 0.25) is 0 Å². The Balaban J connectivity index is 1.37. The third kappa shape index (κ3) is 2.44. The van der Waals surface area contributed by atoms with Gasteiger partial charge in [0.2, 0.25) is 0 Å². The lowest BCUT2D eigenvalue weighted by Gasteiger charge is -2.13. The van der Waals surface area contributed by atoms with Crippen LogP contribution in [0.3, 0.4) is 0 Å². The molecule has 0 saturated carbocycles. The number of aryl methyl sites for hydroxylation is 1. The van der Waals surface area contributed by atoms with Gasteiger partial charge in [-0.25, -0.2) is 9.67 Å². The second-order valence-electron chi connectivity index (χ2n) is 7.06. The molecule has 0 fully saturated rings. The maximum absolute atomic E-state index is 6.23. The summed E-state index contributed by atoms with van der Waals surface area (Å²) in [4.78, 5) is 4.75. The molecule has 1 unspecified atom stereocenters. The number of ether oxygens (including phenoxy) is 1. The molecule has 4 aromatic heterocycles. The van der Waals surface area contributed by atoms with E-state index in [2.05, 4.69) is 52.5 Å². The lowest BCUT2D eigenvalue weighted by molar-refractivity contribution is 0.261. The SMILES string of the molecule is Cn1cc(C2Nc3c(ccn3-c3cccc(-n4cccn4)n3)O2)c2ccccc21. The standard InChI is InChI=1S/C22H18N6O/c1-26-14-16(15-6-2-3-7-17(15)26)22-25-21-18(29-22)10-13-27(21)19-8-4-9-20(24-19)28-12-5-11-23-28/h2-14,22,25H,1H3. The number of nitrogens with one attached hydrogen (secondary N) is 1. The van der Waals surface area contributed by atoms with Crippen LogP contribution in [0, 0.1) is 0 Å². The van der Waals surface area contributed by atoms with E-state index >= 15 is 0 Å². The summed E-state index contributed by atoms with van der Waals surface area (Å²) in [6.07, 6.45) is 7.46. The average molecular weight is 382 g/mol. The van der Waals surface area contributed by atoms with Gasteiger partial charge >= 0.3 is 0 Å². The zero-order valence-corrected chi connectivity index (χ0v) is 15.7. The van der Waals surface area contributed by atoms with Gasteiger partial charge in [-0.05, 0) is 24.3 Å². The summed E-state index contributed by atoms with van der Waals surface area (Å²) in [7, 11) is 2.05. The minimum Gasteiger partial charge on any atom is -0.462 e. The molecule has 1 aliphatic rings. The molecule has 7 nitrogen and oxygen atoms in total. The zero-order valence-electron chi connectivity index (χ0n) is 15.7. The summed E-state index contributed by atoms with van der Waals surface area (Å²) in [6.45, 7) is 0. The fourth-order valence-electron chi connectivity index (χ4n) is 3.92. The van der Waals surface area contributed by atoms with Crippen molar-refractivity contribution in [2.24, 2.45) is 7.05 Å². The van der Waals surface area contributed by atoms with Gasteiger partial charge in [-0.3, -0.25) is 4.57 Å². The summed E-state index contributed by atoms with van der Waals surface area (Å²) in [6, 6.07) is 18.1. The van der Waals surface area contributed by atoms with Crippen LogP contribution in [-0.4, -0.2) is 23.9 Å². The minimum absolute atomic E-state index is 0.243. The molecule has 142 valence electrons. The van der Waals surface area contributed by atoms with E-state index in [0.717, 1.165) is 28.8 Å². The van der Waals surface area contributed by atoms with Gasteiger partial charge in [0.15, 0.2) is 23.6 Å². The smallest absolute Gasteiger partial charge is 0.199 e. The van der Waals surface area contributed by atoms with Gasteiger partial charge in [-0.1, -0.05) is 24.3 Å². The first-order valence-corrected chi connectivity index (χ1v) is 9.44. The number of benzene rings is 1. The number of anilines is 1. The van der Waals surface area contributed by atoms with Crippen LogP contribution in [0.25, 0.3) is 22.5 Å². The predicted molar refractivity (Wildman–Crippen MR) is 111 cm³/mol. The molecule has 6 rings (SSSR count). The monoisotopic (exact) mass is 382 g/mol. The van der Waals surface area contributed by atoms with E-state index in [1.54, 1.807) is 10.9 Å². The van der Waals surface area contributed by atoms with Crippen molar-refractivity contribution < 1.29 is 4.74 Å². The molecule has 0 radical (unpaired) electrons. The van der Waals surface area contributed by atoms with E-state index in [9.17, 15) is 0 Å². The normalized spacial score (nSPS) is 15.3. The number of aromatic nitrogens is 5. The maximum atomic E-state index is 6.23. The predicted octanol–water partition coefficient (Wildman–Crippen LogP) is 4.05. The van der Waals surface area contributed by atoms with Crippen molar-refractivity contribution in [1.29, 1.82) is 0 Å². The topological polar surface area (TPSA) is 61.8 Å². The Morgan fingerprint density at radius 2 is 1.86 bits per heavy atom. The maximum Gasteiger partial charge on any atom is 0.199 e. The fraction of sp³-hybridized carbons (Fsp3) is 0.0909. The Bertz CT molecular complexity index is 1330. The zero-order chi connectivity index (χ0) is 19.4. The Labute approximate surface area is 166 Å². The van der Waals surface area contributed by atoms with Gasteiger partial charge in [0.05, 0.1) is 0 Å². The summed E-state index contributed by atoms with van der Waals surface area (Å²) >= 11 is 0. The third-order valence-electron chi connectivity index (χ3n) is 5.28. The number of nitrogens with zero attached hydrogens (tertiary/aromatic N) is 5. The van der Waals surface area contributed by atoms with Crippen molar-refractivity contribution in [3.8, 4) is 17.4 Å². The molecule has 0 amide bonds. The lowest BCUT2D eigenvalue weighted by atomic mass is 10.1. The Morgan fingerprint density at radius 1 is 0.966 bits per heavy atom. The largest absolute Gasteiger partial charge is 0.462 e. The molecule has 29 heavy (non-hydrogen) atoms. The number of hydrogen-bond donors (Lipinski definition) is 1. The second-order valence-corrected chi connectivity index (χ2v) is 7.06. The van der Waals surface area contributed by atoms with Crippen molar-refractivity contribution in [2.75, 3.05) is 5.32 Å². The van der Waals surface area contributed by atoms with Crippen LogP contribution in [-0.2, 0) is 7.05 Å². The number of hydrogen-bond acceptors (Lipinski definition) is 4. The van der Waals surface area contributed by atoms with Crippen LogP contribution in [0.1, 0.15) is 11.8 Å². The minimum atomic E-state index is -0.243. The van der Waals surface area contributed by atoms with Crippen LogP contribution in [0.4, 0.5) is 5.82 Å². The van der Waals surface area contributed by atoms with Crippen LogP contribution in [0.5, 0.6) is 5.75 Å². The highest BCUT2D eigenvalue weighted by Gasteiger charge is 2.29. The van der Waals surface area contributed by atoms with Gasteiger partial charge < -0.3 is 14.6 Å². The van der Waals surface area contributed by atoms with Crippen LogP contribution in [0.15, 0.2) is 79.4 Å². The first-order valence-electron chi connectivity index (χ1n) is 9.44. The Hall–Kier alpha value is -4.00. The number of pyridine rings is 1. The van der Waals surface area contributed by atoms with E-state index in [-0.39, 0.29) is 6.23 Å². The fourth-order valence-corrected chi connectivity index (χ4v) is 3.92. The molecule has 1 N–H and O–H groups in total. The van der Waals surface area contributed by atoms with Crippen molar-refractivity contribution >= 4 is 16.7 Å². The Morgan fingerprint density at radius 3 is 2.76 bits per heavy atom. The average Bonchev–Trinajstić information content (AvgIpc) is 3.52. The third-order valence-corrected chi connectivity index (χ3v) is 5.28. The quantitative estimate of drug-likeness (QED) is 0.511. The van der Waals surface area contributed by atoms with Gasteiger partial charge in [0.1, 0.15) is 5.82 Å². The van der Waals surface area contributed by atoms with Crippen molar-refractivity contribution in [3.05, 3.63) is 84.9 Å². The van der Waals surface area contributed by atoms with E-state index in [1.807, 2.05) is 47.3 Å². The van der Waals surface area contributed by atoms with E-state index in [0.29, 0.717) is 0 Å². The molecule has 0 bridgehead atoms. The highest BCUT2D eigenvalue weighted by Crippen LogP contribution is 2.41. The van der Waals surface area contributed by atoms with Crippen LogP contribution < -0.4 is 10.1 Å². The summed E-state index contributed by atoms with van der Waals surface area (Å²) in [5, 5.41) is 8.97. The van der Waals surface area contributed by atoms with E-state index in [4.69, 9.17) is 9.72 Å². The van der Waals surface area contributed by atoms with E-state index in [1.165, 1.54) is 10.9 Å². The van der Waals surface area contributed by atoms with E-state index < -0.39 is 0 Å². The van der Waals surface area contributed by atoms with Crippen molar-refractivity contribution in [1.82, 2.24) is 23.9 Å². The number of fused-ring (bicyclic) bond motifs is 2. The molecule has 1 aromatic carbocycles. The molecular formula is C22H18N6O. The molecule has 0 aliphatic carbocycles.